The molecule has 1 heterocycles. The molecule has 0 aliphatic heterocycles. The Balaban J connectivity index is 2.45. The maximum absolute atomic E-state index is 14.1. The predicted octanol–water partition coefficient (Wildman–Crippen LogP) is 3.15. The number of carbonyl (C=O) groups excluding carboxylic acids is 1. The van der Waals surface area contributed by atoms with Gasteiger partial charge in [0, 0.05) is 19.3 Å². The van der Waals surface area contributed by atoms with E-state index in [2.05, 4.69) is 5.10 Å². The molecule has 0 N–H and O–H groups in total. The summed E-state index contributed by atoms with van der Waals surface area (Å²) in [5.41, 5.74) is 3.47. The van der Waals surface area contributed by atoms with Gasteiger partial charge in [0.2, 0.25) is 5.95 Å². The lowest BCUT2D eigenvalue weighted by atomic mass is 10.1. The van der Waals surface area contributed by atoms with E-state index in [4.69, 9.17) is 0 Å². The number of aryl methyl sites for hydroxylation is 4. The molecule has 1 amide bonds. The molecule has 21 heavy (non-hydrogen) atoms. The van der Waals surface area contributed by atoms with E-state index < -0.39 is 5.95 Å². The van der Waals surface area contributed by atoms with E-state index in [-0.39, 0.29) is 11.5 Å². The fraction of sp³-hybridized carbons (Fsp3) is 0.375. The van der Waals surface area contributed by atoms with Crippen LogP contribution in [0, 0.1) is 26.7 Å². The van der Waals surface area contributed by atoms with Crippen LogP contribution in [0.1, 0.15) is 34.1 Å². The number of aromatic nitrogens is 2. The minimum atomic E-state index is -0.597. The molecule has 0 unspecified atom stereocenters. The van der Waals surface area contributed by atoms with Gasteiger partial charge in [0.15, 0.2) is 0 Å². The predicted molar refractivity (Wildman–Crippen MR) is 81.2 cm³/mol. The monoisotopic (exact) mass is 289 g/mol. The van der Waals surface area contributed by atoms with E-state index in [1.54, 1.807) is 11.8 Å². The number of carbonyl (C=O) groups is 1. The van der Waals surface area contributed by atoms with Crippen LogP contribution >= 0.6 is 0 Å². The fourth-order valence-electron chi connectivity index (χ4n) is 2.34. The molecule has 0 aliphatic carbocycles. The first-order chi connectivity index (χ1) is 9.86. The van der Waals surface area contributed by atoms with Crippen LogP contribution in [0.25, 0.3) is 0 Å². The third kappa shape index (κ3) is 2.68. The van der Waals surface area contributed by atoms with Crippen molar-refractivity contribution in [2.24, 2.45) is 7.05 Å². The fourth-order valence-corrected chi connectivity index (χ4v) is 2.34. The van der Waals surface area contributed by atoms with Crippen molar-refractivity contribution in [3.63, 3.8) is 0 Å². The minimum Gasteiger partial charge on any atom is -0.308 e. The largest absolute Gasteiger partial charge is 0.308 e. The molecule has 0 bridgehead atoms. The number of hydrogen-bond acceptors (Lipinski definition) is 2. The topological polar surface area (TPSA) is 38.1 Å². The highest BCUT2D eigenvalue weighted by Crippen LogP contribution is 2.22. The number of halogens is 1. The van der Waals surface area contributed by atoms with Gasteiger partial charge in [-0.05, 0) is 51.0 Å². The molecule has 0 saturated heterocycles. The van der Waals surface area contributed by atoms with Crippen molar-refractivity contribution >= 4 is 11.6 Å². The molecule has 0 radical (unpaired) electrons. The number of anilines is 1. The van der Waals surface area contributed by atoms with Gasteiger partial charge in [-0.1, -0.05) is 6.07 Å². The van der Waals surface area contributed by atoms with Gasteiger partial charge in [-0.25, -0.2) is 4.68 Å². The molecule has 0 saturated carbocycles. The Hall–Kier alpha value is -2.17. The van der Waals surface area contributed by atoms with Gasteiger partial charge in [0.1, 0.15) is 5.56 Å². The van der Waals surface area contributed by atoms with E-state index in [1.807, 2.05) is 39.0 Å². The van der Waals surface area contributed by atoms with Crippen LogP contribution in [0.4, 0.5) is 10.1 Å². The maximum Gasteiger partial charge on any atom is 0.264 e. The lowest BCUT2D eigenvalue weighted by Crippen LogP contribution is -2.31. The van der Waals surface area contributed by atoms with Crippen LogP contribution in [0.2, 0.25) is 0 Å². The Bertz CT molecular complexity index is 691. The van der Waals surface area contributed by atoms with Crippen LogP contribution in [0.15, 0.2) is 18.2 Å². The summed E-state index contributed by atoms with van der Waals surface area (Å²) in [7, 11) is 1.49. The summed E-state index contributed by atoms with van der Waals surface area (Å²) in [6, 6.07) is 5.79. The zero-order chi connectivity index (χ0) is 15.7. The van der Waals surface area contributed by atoms with Crippen molar-refractivity contribution in [3.8, 4) is 0 Å². The lowest BCUT2D eigenvalue weighted by Gasteiger charge is -2.21. The van der Waals surface area contributed by atoms with Gasteiger partial charge in [-0.15, -0.1) is 0 Å². The van der Waals surface area contributed by atoms with Crippen LogP contribution in [0.3, 0.4) is 0 Å². The molecule has 0 aliphatic rings. The molecule has 1 aromatic carbocycles. The average molecular weight is 289 g/mol. The Kier molecular flexibility index (Phi) is 4.11. The second-order valence-corrected chi connectivity index (χ2v) is 5.19. The Labute approximate surface area is 124 Å². The van der Waals surface area contributed by atoms with Crippen LogP contribution in [0.5, 0.6) is 0 Å². The van der Waals surface area contributed by atoms with Crippen molar-refractivity contribution in [1.82, 2.24) is 9.78 Å². The molecule has 0 fully saturated rings. The van der Waals surface area contributed by atoms with Crippen molar-refractivity contribution < 1.29 is 9.18 Å². The molecule has 5 heteroatoms. The van der Waals surface area contributed by atoms with Gasteiger partial charge in [0.25, 0.3) is 5.91 Å². The lowest BCUT2D eigenvalue weighted by molar-refractivity contribution is 0.0983. The molecular formula is C16H20FN3O. The quantitative estimate of drug-likeness (QED) is 0.870. The zero-order valence-corrected chi connectivity index (χ0v) is 13.1. The van der Waals surface area contributed by atoms with Crippen molar-refractivity contribution in [1.29, 1.82) is 0 Å². The Morgan fingerprint density at radius 2 is 1.95 bits per heavy atom. The van der Waals surface area contributed by atoms with Crippen molar-refractivity contribution in [2.45, 2.75) is 27.7 Å². The zero-order valence-electron chi connectivity index (χ0n) is 13.1. The molecular weight excluding hydrogens is 269 g/mol. The molecule has 2 aromatic rings. The molecule has 0 atom stereocenters. The highest BCUT2D eigenvalue weighted by Gasteiger charge is 2.25. The standard InChI is InChI=1S/C16H20FN3O/c1-6-20(13-8-7-10(2)11(3)9-13)16(21)14-12(4)18-19(5)15(14)17/h7-9H,6H2,1-5H3. The van der Waals surface area contributed by atoms with Gasteiger partial charge >= 0.3 is 0 Å². The van der Waals surface area contributed by atoms with E-state index in [0.29, 0.717) is 12.2 Å². The van der Waals surface area contributed by atoms with Crippen molar-refractivity contribution in [2.75, 3.05) is 11.4 Å². The number of rotatable bonds is 3. The van der Waals surface area contributed by atoms with Gasteiger partial charge < -0.3 is 4.90 Å². The number of benzene rings is 1. The van der Waals surface area contributed by atoms with Crippen LogP contribution in [-0.4, -0.2) is 22.2 Å². The highest BCUT2D eigenvalue weighted by atomic mass is 19.1. The van der Waals surface area contributed by atoms with E-state index in [1.165, 1.54) is 7.05 Å². The van der Waals surface area contributed by atoms with E-state index in [9.17, 15) is 9.18 Å². The molecule has 0 spiro atoms. The molecule has 1 aromatic heterocycles. The minimum absolute atomic E-state index is 0.0394. The first-order valence-corrected chi connectivity index (χ1v) is 6.95. The van der Waals surface area contributed by atoms with E-state index in [0.717, 1.165) is 21.5 Å². The van der Waals surface area contributed by atoms with E-state index >= 15 is 0 Å². The number of hydrogen-bond donors (Lipinski definition) is 0. The molecule has 112 valence electrons. The third-order valence-corrected chi connectivity index (χ3v) is 3.73. The Morgan fingerprint density at radius 1 is 1.29 bits per heavy atom. The summed E-state index contributed by atoms with van der Waals surface area (Å²) in [5, 5.41) is 3.97. The SMILES string of the molecule is CCN(C(=O)c1c(C)nn(C)c1F)c1ccc(C)c(C)c1. The van der Waals surface area contributed by atoms with Gasteiger partial charge in [-0.3, -0.25) is 4.79 Å². The van der Waals surface area contributed by atoms with Crippen LogP contribution < -0.4 is 4.90 Å². The summed E-state index contributed by atoms with van der Waals surface area (Å²) in [6.45, 7) is 7.99. The average Bonchev–Trinajstić information content (AvgIpc) is 2.68. The number of amides is 1. The first-order valence-electron chi connectivity index (χ1n) is 6.95. The maximum atomic E-state index is 14.1. The smallest absolute Gasteiger partial charge is 0.264 e. The molecule has 4 nitrogen and oxygen atoms in total. The van der Waals surface area contributed by atoms with Crippen molar-refractivity contribution in [3.05, 3.63) is 46.5 Å². The molecule has 2 rings (SSSR count). The summed E-state index contributed by atoms with van der Waals surface area (Å²) in [5.74, 6) is -0.955. The summed E-state index contributed by atoms with van der Waals surface area (Å²) in [6.07, 6.45) is 0. The second kappa shape index (κ2) is 5.68. The van der Waals surface area contributed by atoms with Crippen LogP contribution in [-0.2, 0) is 7.05 Å². The number of nitrogens with zero attached hydrogens (tertiary/aromatic N) is 3. The third-order valence-electron chi connectivity index (χ3n) is 3.73. The second-order valence-electron chi connectivity index (χ2n) is 5.19. The first kappa shape index (κ1) is 15.2. The van der Waals surface area contributed by atoms with Gasteiger partial charge in [-0.2, -0.15) is 9.49 Å². The highest BCUT2D eigenvalue weighted by molar-refractivity contribution is 6.06. The summed E-state index contributed by atoms with van der Waals surface area (Å²) in [4.78, 5) is 14.2. The summed E-state index contributed by atoms with van der Waals surface area (Å²) < 4.78 is 15.2. The van der Waals surface area contributed by atoms with Gasteiger partial charge in [0.05, 0.1) is 5.69 Å². The normalized spacial score (nSPS) is 10.8. The Morgan fingerprint density at radius 3 is 2.43 bits per heavy atom. The summed E-state index contributed by atoms with van der Waals surface area (Å²) >= 11 is 0.